The Hall–Kier alpha value is -1.92. The minimum absolute atomic E-state index is 0.343. The number of nitrogens with zero attached hydrogens (tertiary/aromatic N) is 1. The largest absolute Gasteiger partial charge is 0.468 e. The topological polar surface area (TPSA) is 92.8 Å². The number of carbonyl (C=O) groups excluding carboxylic acids is 4. The van der Waals surface area contributed by atoms with Gasteiger partial charge in [-0.15, -0.1) is 0 Å². The first-order valence-electron chi connectivity index (χ1n) is 5.24. The molecule has 7 heteroatoms. The average Bonchev–Trinajstić information content (AvgIpc) is 2.29. The van der Waals surface area contributed by atoms with E-state index in [1.807, 2.05) is 12.2 Å². The number of rotatable bonds is 4. The lowest BCUT2D eigenvalue weighted by Gasteiger charge is -2.29. The standard InChI is InChI=1S/C10H14N2O5/c1-3-4-6-8(14)11-10(16)12(9(6)15)5-7(13)17-2/h6H,3-5H2,1-2H3,(H,11,14,16). The normalized spacial score (nSPS) is 20.2. The Bertz CT molecular complexity index is 366. The van der Waals surface area contributed by atoms with E-state index in [1.165, 1.54) is 0 Å². The maximum atomic E-state index is 11.8. The second kappa shape index (κ2) is 5.42. The second-order valence-electron chi connectivity index (χ2n) is 3.64. The van der Waals surface area contributed by atoms with Crippen molar-refractivity contribution in [2.75, 3.05) is 13.7 Å². The van der Waals surface area contributed by atoms with Crippen molar-refractivity contribution in [3.63, 3.8) is 0 Å². The summed E-state index contributed by atoms with van der Waals surface area (Å²) >= 11 is 0. The zero-order chi connectivity index (χ0) is 13.0. The molecule has 0 saturated carbocycles. The molecule has 0 aromatic carbocycles. The van der Waals surface area contributed by atoms with Crippen LogP contribution in [0, 0.1) is 5.92 Å². The Labute approximate surface area is 98.1 Å². The van der Waals surface area contributed by atoms with Gasteiger partial charge < -0.3 is 4.74 Å². The summed E-state index contributed by atoms with van der Waals surface area (Å²) in [6.45, 7) is 1.34. The zero-order valence-electron chi connectivity index (χ0n) is 9.69. The molecule has 7 nitrogen and oxygen atoms in total. The molecule has 1 atom stereocenters. The lowest BCUT2D eigenvalue weighted by Crippen LogP contribution is -2.59. The van der Waals surface area contributed by atoms with Crippen molar-refractivity contribution in [2.45, 2.75) is 19.8 Å². The molecule has 0 aromatic heterocycles. The van der Waals surface area contributed by atoms with Crippen LogP contribution in [0.15, 0.2) is 0 Å². The number of imide groups is 2. The van der Waals surface area contributed by atoms with E-state index in [0.717, 1.165) is 7.11 Å². The Morgan fingerprint density at radius 1 is 1.41 bits per heavy atom. The van der Waals surface area contributed by atoms with Crippen LogP contribution in [0.2, 0.25) is 0 Å². The van der Waals surface area contributed by atoms with Crippen LogP contribution >= 0.6 is 0 Å². The predicted molar refractivity (Wildman–Crippen MR) is 55.7 cm³/mol. The number of hydrogen-bond donors (Lipinski definition) is 1. The Kier molecular flexibility index (Phi) is 4.19. The third-order valence-corrected chi connectivity index (χ3v) is 2.45. The van der Waals surface area contributed by atoms with E-state index in [9.17, 15) is 19.2 Å². The van der Waals surface area contributed by atoms with Crippen LogP contribution in [0.1, 0.15) is 19.8 Å². The van der Waals surface area contributed by atoms with Crippen LogP contribution in [-0.2, 0) is 19.1 Å². The molecule has 1 rings (SSSR count). The quantitative estimate of drug-likeness (QED) is 0.537. The first-order valence-corrected chi connectivity index (χ1v) is 5.24. The van der Waals surface area contributed by atoms with Gasteiger partial charge in [-0.2, -0.15) is 0 Å². The molecule has 0 bridgehead atoms. The maximum absolute atomic E-state index is 11.8. The van der Waals surface area contributed by atoms with Gasteiger partial charge in [-0.3, -0.25) is 24.6 Å². The number of nitrogens with one attached hydrogen (secondary N) is 1. The first-order chi connectivity index (χ1) is 8.01. The summed E-state index contributed by atoms with van der Waals surface area (Å²) in [5.41, 5.74) is 0. The summed E-state index contributed by atoms with van der Waals surface area (Å²) < 4.78 is 4.37. The fraction of sp³-hybridized carbons (Fsp3) is 0.600. The smallest absolute Gasteiger partial charge is 0.331 e. The SMILES string of the molecule is CCCC1C(=O)NC(=O)N(CC(=O)OC)C1=O. The molecule has 1 aliphatic rings. The minimum atomic E-state index is -0.901. The van der Waals surface area contributed by atoms with E-state index < -0.39 is 36.3 Å². The van der Waals surface area contributed by atoms with Crippen molar-refractivity contribution >= 4 is 23.8 Å². The van der Waals surface area contributed by atoms with E-state index in [-0.39, 0.29) is 0 Å². The highest BCUT2D eigenvalue weighted by Gasteiger charge is 2.40. The van der Waals surface area contributed by atoms with Crippen molar-refractivity contribution in [1.29, 1.82) is 0 Å². The molecule has 1 aliphatic heterocycles. The molecule has 94 valence electrons. The van der Waals surface area contributed by atoms with E-state index >= 15 is 0 Å². The van der Waals surface area contributed by atoms with Crippen LogP contribution in [0.5, 0.6) is 0 Å². The van der Waals surface area contributed by atoms with Gasteiger partial charge in [0.05, 0.1) is 7.11 Å². The average molecular weight is 242 g/mol. The molecular weight excluding hydrogens is 228 g/mol. The first kappa shape index (κ1) is 13.1. The molecule has 0 spiro atoms. The monoisotopic (exact) mass is 242 g/mol. The summed E-state index contributed by atoms with van der Waals surface area (Å²) in [4.78, 5) is 46.4. The van der Waals surface area contributed by atoms with Gasteiger partial charge in [0.2, 0.25) is 11.8 Å². The van der Waals surface area contributed by atoms with Crippen molar-refractivity contribution in [3.8, 4) is 0 Å². The van der Waals surface area contributed by atoms with E-state index in [0.29, 0.717) is 17.7 Å². The van der Waals surface area contributed by atoms with Crippen molar-refractivity contribution in [3.05, 3.63) is 0 Å². The summed E-state index contributed by atoms with van der Waals surface area (Å²) in [6, 6.07) is -0.877. The number of hydrogen-bond acceptors (Lipinski definition) is 5. The van der Waals surface area contributed by atoms with Gasteiger partial charge in [0.1, 0.15) is 12.5 Å². The van der Waals surface area contributed by atoms with Crippen molar-refractivity contribution < 1.29 is 23.9 Å². The molecule has 17 heavy (non-hydrogen) atoms. The fourth-order valence-electron chi connectivity index (χ4n) is 1.55. The number of amides is 4. The second-order valence-corrected chi connectivity index (χ2v) is 3.64. The Morgan fingerprint density at radius 3 is 2.59 bits per heavy atom. The third-order valence-electron chi connectivity index (χ3n) is 2.45. The fourth-order valence-corrected chi connectivity index (χ4v) is 1.55. The van der Waals surface area contributed by atoms with Gasteiger partial charge in [0, 0.05) is 0 Å². The van der Waals surface area contributed by atoms with Crippen LogP contribution < -0.4 is 5.32 Å². The highest BCUT2D eigenvalue weighted by molar-refractivity contribution is 6.16. The lowest BCUT2D eigenvalue weighted by atomic mass is 9.99. The number of urea groups is 1. The highest BCUT2D eigenvalue weighted by atomic mass is 16.5. The minimum Gasteiger partial charge on any atom is -0.468 e. The van der Waals surface area contributed by atoms with Gasteiger partial charge in [-0.25, -0.2) is 4.79 Å². The molecule has 0 aliphatic carbocycles. The zero-order valence-corrected chi connectivity index (χ0v) is 9.69. The molecule has 1 unspecified atom stereocenters. The van der Waals surface area contributed by atoms with E-state index in [4.69, 9.17) is 0 Å². The summed E-state index contributed by atoms with van der Waals surface area (Å²) in [7, 11) is 1.16. The van der Waals surface area contributed by atoms with E-state index in [1.54, 1.807) is 0 Å². The highest BCUT2D eigenvalue weighted by Crippen LogP contribution is 2.15. The van der Waals surface area contributed by atoms with Crippen LogP contribution in [0.4, 0.5) is 4.79 Å². The van der Waals surface area contributed by atoms with Crippen LogP contribution in [0.25, 0.3) is 0 Å². The van der Waals surface area contributed by atoms with Gasteiger partial charge in [0.25, 0.3) is 0 Å². The maximum Gasteiger partial charge on any atom is 0.331 e. The van der Waals surface area contributed by atoms with Crippen LogP contribution in [0.3, 0.4) is 0 Å². The summed E-state index contributed by atoms with van der Waals surface area (Å²) in [6.07, 6.45) is 0.972. The van der Waals surface area contributed by atoms with Crippen molar-refractivity contribution in [2.24, 2.45) is 5.92 Å². The number of barbiturate groups is 1. The molecule has 0 aromatic rings. The van der Waals surface area contributed by atoms with Gasteiger partial charge in [-0.1, -0.05) is 13.3 Å². The molecule has 4 amide bonds. The summed E-state index contributed by atoms with van der Waals surface area (Å²) in [5.74, 6) is -2.87. The Balaban J connectivity index is 2.82. The van der Waals surface area contributed by atoms with E-state index in [2.05, 4.69) is 4.74 Å². The molecule has 1 N–H and O–H groups in total. The molecule has 1 heterocycles. The predicted octanol–water partition coefficient (Wildman–Crippen LogP) is -0.346. The molecular formula is C10H14N2O5. The number of ether oxygens (including phenoxy) is 1. The number of methoxy groups -OCH3 is 1. The molecule has 0 radical (unpaired) electrons. The lowest BCUT2D eigenvalue weighted by molar-refractivity contribution is -0.150. The molecule has 1 saturated heterocycles. The Morgan fingerprint density at radius 2 is 2.06 bits per heavy atom. The summed E-state index contributed by atoms with van der Waals surface area (Å²) in [5, 5.41) is 2.04. The van der Waals surface area contributed by atoms with Gasteiger partial charge in [0.15, 0.2) is 0 Å². The number of esters is 1. The van der Waals surface area contributed by atoms with Gasteiger partial charge >= 0.3 is 12.0 Å². The van der Waals surface area contributed by atoms with Crippen LogP contribution in [-0.4, -0.2) is 42.4 Å². The number of carbonyl (C=O) groups is 4. The van der Waals surface area contributed by atoms with Crippen molar-refractivity contribution in [1.82, 2.24) is 10.2 Å². The molecule has 1 fully saturated rings. The van der Waals surface area contributed by atoms with Gasteiger partial charge in [-0.05, 0) is 6.42 Å². The third kappa shape index (κ3) is 2.80.